The zero-order valence-electron chi connectivity index (χ0n) is 10.3. The average Bonchev–Trinajstić information content (AvgIpc) is 2.38. The van der Waals surface area contributed by atoms with Gasteiger partial charge in [-0.2, -0.15) is 22.5 Å². The largest absolute Gasteiger partial charge is 0.461 e. The van der Waals surface area contributed by atoms with E-state index in [-0.39, 0.29) is 23.0 Å². The quantitative estimate of drug-likeness (QED) is 0.837. The van der Waals surface area contributed by atoms with E-state index in [0.717, 1.165) is 12.1 Å². The normalized spacial score (nSPS) is 11.7. The molecular formula is C11H9F4N5O. The molecule has 2 rings (SSSR count). The summed E-state index contributed by atoms with van der Waals surface area (Å²) in [5.41, 5.74) is 11.1. The Morgan fingerprint density at radius 1 is 1.14 bits per heavy atom. The molecule has 0 aliphatic carbocycles. The van der Waals surface area contributed by atoms with Gasteiger partial charge in [-0.3, -0.25) is 0 Å². The van der Waals surface area contributed by atoms with Crippen LogP contribution in [0.2, 0.25) is 0 Å². The highest BCUT2D eigenvalue weighted by Gasteiger charge is 2.44. The molecule has 0 fully saturated rings. The lowest BCUT2D eigenvalue weighted by Crippen LogP contribution is -2.33. The highest BCUT2D eigenvalue weighted by Crippen LogP contribution is 2.30. The lowest BCUT2D eigenvalue weighted by Gasteiger charge is -2.17. The van der Waals surface area contributed by atoms with E-state index in [0.29, 0.717) is 0 Å². The van der Waals surface area contributed by atoms with Crippen molar-refractivity contribution < 1.29 is 22.3 Å². The average molecular weight is 303 g/mol. The molecule has 0 saturated carbocycles. The Bertz CT molecular complexity index is 652. The van der Waals surface area contributed by atoms with Crippen molar-refractivity contribution in [2.45, 2.75) is 12.5 Å². The molecular weight excluding hydrogens is 294 g/mol. The number of nitrogens with zero attached hydrogens (tertiary/aromatic N) is 3. The minimum Gasteiger partial charge on any atom is -0.428 e. The molecule has 0 bridgehead atoms. The fraction of sp³-hybridized carbons (Fsp3) is 0.182. The SMILES string of the molecule is Nc1nnc(-c2cccc(OC(F)(F)C(F)F)c2)c(N)n1. The first-order valence-corrected chi connectivity index (χ1v) is 5.50. The van der Waals surface area contributed by atoms with Gasteiger partial charge in [0.05, 0.1) is 0 Å². The monoisotopic (exact) mass is 303 g/mol. The van der Waals surface area contributed by atoms with Crippen molar-refractivity contribution in [3.05, 3.63) is 24.3 Å². The standard InChI is InChI=1S/C11H9F4N5O/c12-9(13)11(14,15)21-6-3-1-2-5(4-6)7-8(16)18-10(17)20-19-7/h1-4,9H,(H4,16,17,18,20). The molecule has 1 heterocycles. The number of nitrogens with two attached hydrogens (primary N) is 2. The third kappa shape index (κ3) is 3.27. The molecule has 1 aromatic heterocycles. The predicted molar refractivity (Wildman–Crippen MR) is 65.7 cm³/mol. The predicted octanol–water partition coefficient (Wildman–Crippen LogP) is 1.94. The summed E-state index contributed by atoms with van der Waals surface area (Å²) < 4.78 is 53.8. The van der Waals surface area contributed by atoms with Gasteiger partial charge in [0, 0.05) is 5.56 Å². The number of anilines is 2. The van der Waals surface area contributed by atoms with Crippen LogP contribution in [-0.4, -0.2) is 27.7 Å². The number of nitrogen functional groups attached to an aromatic ring is 2. The minimum absolute atomic E-state index is 0.0648. The van der Waals surface area contributed by atoms with Crippen LogP contribution in [0.4, 0.5) is 29.3 Å². The highest BCUT2D eigenvalue weighted by molar-refractivity contribution is 5.70. The maximum absolute atomic E-state index is 12.8. The molecule has 0 atom stereocenters. The van der Waals surface area contributed by atoms with E-state index in [1.165, 1.54) is 12.1 Å². The second-order valence-electron chi connectivity index (χ2n) is 3.90. The molecule has 112 valence electrons. The maximum Gasteiger partial charge on any atom is 0.461 e. The maximum atomic E-state index is 12.8. The number of alkyl halides is 4. The van der Waals surface area contributed by atoms with Gasteiger partial charge in [-0.1, -0.05) is 12.1 Å². The van der Waals surface area contributed by atoms with E-state index >= 15 is 0 Å². The Kier molecular flexibility index (Phi) is 3.78. The lowest BCUT2D eigenvalue weighted by atomic mass is 10.1. The van der Waals surface area contributed by atoms with Crippen LogP contribution < -0.4 is 16.2 Å². The first-order chi connectivity index (χ1) is 9.79. The topological polar surface area (TPSA) is 99.9 Å². The Hall–Kier alpha value is -2.65. The van der Waals surface area contributed by atoms with E-state index in [4.69, 9.17) is 11.5 Å². The lowest BCUT2D eigenvalue weighted by molar-refractivity contribution is -0.253. The van der Waals surface area contributed by atoms with Crippen molar-refractivity contribution in [3.63, 3.8) is 0 Å². The fourth-order valence-corrected chi connectivity index (χ4v) is 1.47. The molecule has 4 N–H and O–H groups in total. The van der Waals surface area contributed by atoms with Gasteiger partial charge in [-0.25, -0.2) is 0 Å². The van der Waals surface area contributed by atoms with Crippen LogP contribution >= 0.6 is 0 Å². The van der Waals surface area contributed by atoms with E-state index < -0.39 is 18.3 Å². The van der Waals surface area contributed by atoms with Gasteiger partial charge in [0.25, 0.3) is 0 Å². The second kappa shape index (κ2) is 5.38. The summed E-state index contributed by atoms with van der Waals surface area (Å²) >= 11 is 0. The summed E-state index contributed by atoms with van der Waals surface area (Å²) in [7, 11) is 0. The number of hydrogen-bond donors (Lipinski definition) is 2. The van der Waals surface area contributed by atoms with E-state index in [1.807, 2.05) is 0 Å². The van der Waals surface area contributed by atoms with Crippen molar-refractivity contribution >= 4 is 11.8 Å². The Morgan fingerprint density at radius 2 is 1.86 bits per heavy atom. The summed E-state index contributed by atoms with van der Waals surface area (Å²) in [5, 5.41) is 7.14. The third-order valence-corrected chi connectivity index (χ3v) is 2.35. The second-order valence-corrected chi connectivity index (χ2v) is 3.90. The van der Waals surface area contributed by atoms with E-state index in [9.17, 15) is 17.6 Å². The van der Waals surface area contributed by atoms with Gasteiger partial charge in [0.1, 0.15) is 11.4 Å². The molecule has 10 heteroatoms. The molecule has 0 radical (unpaired) electrons. The van der Waals surface area contributed by atoms with Gasteiger partial charge < -0.3 is 16.2 Å². The summed E-state index contributed by atoms with van der Waals surface area (Å²) in [4.78, 5) is 3.66. The van der Waals surface area contributed by atoms with Gasteiger partial charge >= 0.3 is 12.5 Å². The summed E-state index contributed by atoms with van der Waals surface area (Å²) in [5.74, 6) is -0.719. The number of hydrogen-bond acceptors (Lipinski definition) is 6. The van der Waals surface area contributed by atoms with Crippen molar-refractivity contribution in [1.82, 2.24) is 15.2 Å². The fourth-order valence-electron chi connectivity index (χ4n) is 1.47. The van der Waals surface area contributed by atoms with E-state index in [1.54, 1.807) is 0 Å². The van der Waals surface area contributed by atoms with Crippen LogP contribution in [-0.2, 0) is 0 Å². The van der Waals surface area contributed by atoms with E-state index in [2.05, 4.69) is 19.9 Å². The van der Waals surface area contributed by atoms with Gasteiger partial charge in [0.15, 0.2) is 5.82 Å². The molecule has 6 nitrogen and oxygen atoms in total. The highest BCUT2D eigenvalue weighted by atomic mass is 19.3. The molecule has 21 heavy (non-hydrogen) atoms. The van der Waals surface area contributed by atoms with Crippen LogP contribution in [0, 0.1) is 0 Å². The van der Waals surface area contributed by atoms with Crippen LogP contribution in [0.5, 0.6) is 5.75 Å². The molecule has 1 aromatic carbocycles. The van der Waals surface area contributed by atoms with Gasteiger partial charge in [-0.15, -0.1) is 10.2 Å². The van der Waals surface area contributed by atoms with Gasteiger partial charge in [0.2, 0.25) is 5.95 Å². The molecule has 0 saturated heterocycles. The zero-order valence-corrected chi connectivity index (χ0v) is 10.3. The number of rotatable bonds is 4. The Labute approximate surface area is 115 Å². The summed E-state index contributed by atoms with van der Waals surface area (Å²) in [6.45, 7) is 0. The molecule has 2 aromatic rings. The van der Waals surface area contributed by atoms with Crippen LogP contribution in [0.15, 0.2) is 24.3 Å². The minimum atomic E-state index is -4.60. The van der Waals surface area contributed by atoms with Crippen LogP contribution in [0.1, 0.15) is 0 Å². The zero-order chi connectivity index (χ0) is 15.6. The van der Waals surface area contributed by atoms with Gasteiger partial charge in [-0.05, 0) is 12.1 Å². The molecule has 0 unspecified atom stereocenters. The molecule has 0 aliphatic rings. The first kappa shape index (κ1) is 14.8. The Morgan fingerprint density at radius 3 is 2.48 bits per heavy atom. The number of aromatic nitrogens is 3. The summed E-state index contributed by atoms with van der Waals surface area (Å²) in [6, 6.07) is 4.91. The van der Waals surface area contributed by atoms with Crippen LogP contribution in [0.3, 0.4) is 0 Å². The van der Waals surface area contributed by atoms with Crippen molar-refractivity contribution in [3.8, 4) is 17.0 Å². The van der Waals surface area contributed by atoms with Crippen molar-refractivity contribution in [2.75, 3.05) is 11.5 Å². The summed E-state index contributed by atoms with van der Waals surface area (Å²) in [6.07, 6.45) is -8.56. The number of halogens is 4. The van der Waals surface area contributed by atoms with Crippen molar-refractivity contribution in [1.29, 1.82) is 0 Å². The van der Waals surface area contributed by atoms with Crippen molar-refractivity contribution in [2.24, 2.45) is 0 Å². The smallest absolute Gasteiger partial charge is 0.428 e. The Balaban J connectivity index is 2.34. The molecule has 0 spiro atoms. The number of ether oxygens (including phenoxy) is 1. The number of benzene rings is 1. The van der Waals surface area contributed by atoms with Crippen LogP contribution in [0.25, 0.3) is 11.3 Å². The first-order valence-electron chi connectivity index (χ1n) is 5.50. The molecule has 0 amide bonds. The third-order valence-electron chi connectivity index (χ3n) is 2.35. The molecule has 0 aliphatic heterocycles.